The van der Waals surface area contributed by atoms with Gasteiger partial charge in [-0.05, 0) is 19.9 Å². The van der Waals surface area contributed by atoms with Crippen molar-refractivity contribution in [1.82, 2.24) is 5.32 Å². The predicted molar refractivity (Wildman–Crippen MR) is 39.7 cm³/mol. The van der Waals surface area contributed by atoms with Gasteiger partial charge in [0.2, 0.25) is 0 Å². The molecule has 0 aromatic heterocycles. The summed E-state index contributed by atoms with van der Waals surface area (Å²) < 4.78 is 0. The Morgan fingerprint density at radius 3 is 2.89 bits per heavy atom. The molecule has 0 atom stereocenters. The Morgan fingerprint density at radius 2 is 2.44 bits per heavy atom. The molecule has 0 aliphatic carbocycles. The van der Waals surface area contributed by atoms with Gasteiger partial charge < -0.3 is 5.32 Å². The Morgan fingerprint density at radius 1 is 1.67 bits per heavy atom. The molecule has 0 aromatic rings. The zero-order chi connectivity index (χ0) is 6.69. The van der Waals surface area contributed by atoms with Gasteiger partial charge >= 0.3 is 0 Å². The van der Waals surface area contributed by atoms with Crippen LogP contribution in [-0.4, -0.2) is 18.9 Å². The van der Waals surface area contributed by atoms with Crippen molar-refractivity contribution in [3.63, 3.8) is 0 Å². The average Bonchev–Trinajstić information content (AvgIpc) is 2.15. The SMILES string of the molecule is CC(C)=CC1=NCCN1. The second-order valence-corrected chi connectivity index (χ2v) is 2.42. The highest BCUT2D eigenvalue weighted by atomic mass is 15.1. The van der Waals surface area contributed by atoms with Gasteiger partial charge in [-0.1, -0.05) is 5.57 Å². The van der Waals surface area contributed by atoms with Crippen LogP contribution in [0.1, 0.15) is 13.8 Å². The molecule has 0 aromatic carbocycles. The van der Waals surface area contributed by atoms with Crippen molar-refractivity contribution in [2.24, 2.45) is 4.99 Å². The van der Waals surface area contributed by atoms with Crippen molar-refractivity contribution in [3.05, 3.63) is 11.6 Å². The lowest BCUT2D eigenvalue weighted by molar-refractivity contribution is 0.961. The average molecular weight is 124 g/mol. The van der Waals surface area contributed by atoms with E-state index in [4.69, 9.17) is 0 Å². The van der Waals surface area contributed by atoms with Crippen molar-refractivity contribution in [2.75, 3.05) is 13.1 Å². The molecule has 1 rings (SSSR count). The van der Waals surface area contributed by atoms with Crippen molar-refractivity contribution >= 4 is 5.84 Å². The summed E-state index contributed by atoms with van der Waals surface area (Å²) in [7, 11) is 0. The van der Waals surface area contributed by atoms with Crippen LogP contribution < -0.4 is 5.32 Å². The van der Waals surface area contributed by atoms with Gasteiger partial charge in [0.1, 0.15) is 5.84 Å². The molecule has 0 amide bonds. The minimum absolute atomic E-state index is 0.930. The van der Waals surface area contributed by atoms with Crippen LogP contribution in [0.2, 0.25) is 0 Å². The third kappa shape index (κ3) is 1.88. The summed E-state index contributed by atoms with van der Waals surface area (Å²) in [5.74, 6) is 1.04. The Kier molecular flexibility index (Phi) is 1.88. The quantitative estimate of drug-likeness (QED) is 0.553. The molecule has 0 bridgehead atoms. The maximum atomic E-state index is 4.20. The van der Waals surface area contributed by atoms with Crippen LogP contribution in [0.5, 0.6) is 0 Å². The van der Waals surface area contributed by atoms with Gasteiger partial charge in [-0.25, -0.2) is 0 Å². The molecule has 0 saturated heterocycles. The highest BCUT2D eigenvalue weighted by Crippen LogP contribution is 1.92. The van der Waals surface area contributed by atoms with E-state index in [1.807, 2.05) is 0 Å². The lowest BCUT2D eigenvalue weighted by Crippen LogP contribution is -2.15. The second kappa shape index (κ2) is 2.67. The van der Waals surface area contributed by atoms with Gasteiger partial charge in [0, 0.05) is 6.54 Å². The monoisotopic (exact) mass is 124 g/mol. The lowest BCUT2D eigenvalue weighted by Gasteiger charge is -1.93. The second-order valence-electron chi connectivity index (χ2n) is 2.42. The molecule has 1 heterocycles. The Balaban J connectivity index is 2.53. The van der Waals surface area contributed by atoms with Crippen molar-refractivity contribution in [3.8, 4) is 0 Å². The number of nitrogens with zero attached hydrogens (tertiary/aromatic N) is 1. The van der Waals surface area contributed by atoms with Gasteiger partial charge in [-0.15, -0.1) is 0 Å². The number of aliphatic imine (C=N–C) groups is 1. The number of hydrogen-bond donors (Lipinski definition) is 1. The fourth-order valence-electron chi connectivity index (χ4n) is 0.786. The van der Waals surface area contributed by atoms with Gasteiger partial charge in [0.15, 0.2) is 0 Å². The maximum Gasteiger partial charge on any atom is 0.120 e. The summed E-state index contributed by atoms with van der Waals surface area (Å²) in [6.45, 7) is 6.07. The topological polar surface area (TPSA) is 24.4 Å². The van der Waals surface area contributed by atoms with Crippen LogP contribution in [0.4, 0.5) is 0 Å². The van der Waals surface area contributed by atoms with E-state index in [-0.39, 0.29) is 0 Å². The maximum absolute atomic E-state index is 4.20. The summed E-state index contributed by atoms with van der Waals surface area (Å²) >= 11 is 0. The summed E-state index contributed by atoms with van der Waals surface area (Å²) in [4.78, 5) is 4.20. The summed E-state index contributed by atoms with van der Waals surface area (Å²) in [6, 6.07) is 0. The minimum Gasteiger partial charge on any atom is -0.369 e. The molecule has 9 heavy (non-hydrogen) atoms. The predicted octanol–water partition coefficient (Wildman–Crippen LogP) is 0.954. The third-order valence-corrected chi connectivity index (χ3v) is 1.13. The van der Waals surface area contributed by atoms with Crippen molar-refractivity contribution in [1.29, 1.82) is 0 Å². The first-order valence-corrected chi connectivity index (χ1v) is 3.22. The van der Waals surface area contributed by atoms with Crippen molar-refractivity contribution < 1.29 is 0 Å². The fraction of sp³-hybridized carbons (Fsp3) is 0.571. The molecule has 2 nitrogen and oxygen atoms in total. The molecule has 0 saturated carbocycles. The van der Waals surface area contributed by atoms with Crippen LogP contribution in [0, 0.1) is 0 Å². The van der Waals surface area contributed by atoms with E-state index >= 15 is 0 Å². The summed E-state index contributed by atoms with van der Waals surface area (Å²) in [6.07, 6.45) is 2.06. The smallest absolute Gasteiger partial charge is 0.120 e. The lowest BCUT2D eigenvalue weighted by atomic mass is 10.3. The van der Waals surface area contributed by atoms with Gasteiger partial charge in [0.05, 0.1) is 6.54 Å². The minimum atomic E-state index is 0.930. The number of nitrogens with one attached hydrogen (secondary N) is 1. The van der Waals surface area contributed by atoms with E-state index in [1.54, 1.807) is 0 Å². The molecule has 2 heteroatoms. The first-order valence-electron chi connectivity index (χ1n) is 3.22. The van der Waals surface area contributed by atoms with Crippen LogP contribution in [0.15, 0.2) is 16.6 Å². The van der Waals surface area contributed by atoms with Crippen LogP contribution in [0.25, 0.3) is 0 Å². The third-order valence-electron chi connectivity index (χ3n) is 1.13. The van der Waals surface area contributed by atoms with E-state index in [0.29, 0.717) is 0 Å². The standard InChI is InChI=1S/C7H12N2/c1-6(2)5-7-8-3-4-9-7/h5H,3-4H2,1-2H3,(H,8,9). The van der Waals surface area contributed by atoms with E-state index in [0.717, 1.165) is 18.9 Å². The fourth-order valence-corrected chi connectivity index (χ4v) is 0.786. The largest absolute Gasteiger partial charge is 0.369 e. The molecule has 1 aliphatic rings. The molecule has 0 spiro atoms. The molecule has 0 radical (unpaired) electrons. The number of rotatable bonds is 1. The van der Waals surface area contributed by atoms with E-state index in [2.05, 4.69) is 30.2 Å². The zero-order valence-electron chi connectivity index (χ0n) is 5.94. The number of hydrogen-bond acceptors (Lipinski definition) is 2. The molecule has 1 aliphatic heterocycles. The Hall–Kier alpha value is -0.790. The molecule has 0 fully saturated rings. The van der Waals surface area contributed by atoms with Gasteiger partial charge in [0.25, 0.3) is 0 Å². The molecular formula is C7H12N2. The zero-order valence-corrected chi connectivity index (χ0v) is 5.94. The molecule has 1 N–H and O–H groups in total. The van der Waals surface area contributed by atoms with Crippen LogP contribution in [-0.2, 0) is 0 Å². The molecule has 0 unspecified atom stereocenters. The Labute approximate surface area is 55.7 Å². The summed E-state index contributed by atoms with van der Waals surface area (Å²) in [5.41, 5.74) is 1.29. The summed E-state index contributed by atoms with van der Waals surface area (Å²) in [5, 5.41) is 3.16. The molecular weight excluding hydrogens is 112 g/mol. The van der Waals surface area contributed by atoms with Crippen LogP contribution >= 0.6 is 0 Å². The normalized spacial score (nSPS) is 16.4. The highest BCUT2D eigenvalue weighted by Gasteiger charge is 1.98. The first-order chi connectivity index (χ1) is 4.29. The van der Waals surface area contributed by atoms with Crippen LogP contribution in [0.3, 0.4) is 0 Å². The van der Waals surface area contributed by atoms with Gasteiger partial charge in [-0.3, -0.25) is 4.99 Å². The van der Waals surface area contributed by atoms with E-state index in [9.17, 15) is 0 Å². The Bertz CT molecular complexity index is 152. The van der Waals surface area contributed by atoms with E-state index < -0.39 is 0 Å². The number of amidine groups is 1. The van der Waals surface area contributed by atoms with E-state index in [1.165, 1.54) is 5.57 Å². The van der Waals surface area contributed by atoms with Crippen molar-refractivity contribution in [2.45, 2.75) is 13.8 Å². The van der Waals surface area contributed by atoms with Gasteiger partial charge in [-0.2, -0.15) is 0 Å². The number of allylic oxidation sites excluding steroid dienone is 1. The highest BCUT2D eigenvalue weighted by molar-refractivity contribution is 5.94. The molecule has 50 valence electrons. The first kappa shape index (κ1) is 6.33.